The average Bonchev–Trinajstić information content (AvgIpc) is 2.76. The molecule has 1 saturated carbocycles. The molecule has 1 aliphatic rings. The first kappa shape index (κ1) is 26.2. The van der Waals surface area contributed by atoms with Crippen molar-refractivity contribution in [2.24, 2.45) is 28.5 Å². The largest absolute Gasteiger partial charge is 0.431 e. The number of pyridine rings is 1. The molecule has 1 aromatic carbocycles. The van der Waals surface area contributed by atoms with Gasteiger partial charge in [0, 0.05) is 17.7 Å². The molecule has 8 nitrogen and oxygen atoms in total. The molecule has 190 valence electrons. The fraction of sp³-hybridized carbons (Fsp3) is 0.435. The molecule has 0 spiro atoms. The van der Waals surface area contributed by atoms with E-state index in [2.05, 4.69) is 9.73 Å². The normalized spacial score (nSPS) is 20.7. The molecule has 1 fully saturated rings. The van der Waals surface area contributed by atoms with Gasteiger partial charge in [-0.15, -0.1) is 0 Å². The van der Waals surface area contributed by atoms with Gasteiger partial charge in [0.25, 0.3) is 11.8 Å². The minimum Gasteiger partial charge on any atom is -0.431 e. The number of carbonyl (C=O) groups is 2. The Kier molecular flexibility index (Phi) is 7.83. The van der Waals surface area contributed by atoms with E-state index in [4.69, 9.17) is 5.73 Å². The number of aromatic nitrogens is 1. The number of halogens is 4. The van der Waals surface area contributed by atoms with Crippen LogP contribution in [0.3, 0.4) is 0 Å². The van der Waals surface area contributed by atoms with Gasteiger partial charge in [0.1, 0.15) is 11.8 Å². The minimum atomic E-state index is -3.48. The SMILES string of the molecule is CC1CC([C@H](C)[C@H](c2ccc(F)c(F)c2OC(F)F)[C@@H](O)C(=O)N=c2ccn(O)c(C(N)=O)c2)C1. The summed E-state index contributed by atoms with van der Waals surface area (Å²) < 4.78 is 59.0. The average molecular weight is 499 g/mol. The molecule has 2 amide bonds. The lowest BCUT2D eigenvalue weighted by Gasteiger charge is -2.42. The fourth-order valence-corrected chi connectivity index (χ4v) is 4.53. The second-order valence-electron chi connectivity index (χ2n) is 8.75. The van der Waals surface area contributed by atoms with Gasteiger partial charge in [0.2, 0.25) is 5.82 Å². The van der Waals surface area contributed by atoms with E-state index in [0.717, 1.165) is 37.2 Å². The third-order valence-corrected chi connectivity index (χ3v) is 6.37. The molecule has 12 heteroatoms. The van der Waals surface area contributed by atoms with Crippen molar-refractivity contribution >= 4 is 11.8 Å². The van der Waals surface area contributed by atoms with Crippen LogP contribution in [-0.4, -0.2) is 39.6 Å². The number of primary amides is 1. The monoisotopic (exact) mass is 499 g/mol. The molecule has 0 unspecified atom stereocenters. The van der Waals surface area contributed by atoms with E-state index in [0.29, 0.717) is 16.7 Å². The van der Waals surface area contributed by atoms with E-state index in [1.165, 1.54) is 0 Å². The van der Waals surface area contributed by atoms with Crippen molar-refractivity contribution in [2.75, 3.05) is 0 Å². The first-order valence-electron chi connectivity index (χ1n) is 10.8. The van der Waals surface area contributed by atoms with Gasteiger partial charge in [-0.2, -0.15) is 17.9 Å². The van der Waals surface area contributed by atoms with Crippen LogP contribution in [0.15, 0.2) is 35.5 Å². The zero-order chi connectivity index (χ0) is 26.0. The molecular formula is C23H25F4N3O5. The first-order valence-corrected chi connectivity index (χ1v) is 10.8. The summed E-state index contributed by atoms with van der Waals surface area (Å²) in [6, 6.07) is 3.86. The molecule has 3 rings (SSSR count). The predicted octanol–water partition coefficient (Wildman–Crippen LogP) is 2.96. The second kappa shape index (κ2) is 10.5. The topological polar surface area (TPSA) is 127 Å². The Bertz CT molecular complexity index is 1180. The molecule has 4 N–H and O–H groups in total. The van der Waals surface area contributed by atoms with Crippen molar-refractivity contribution < 1.29 is 42.2 Å². The molecular weight excluding hydrogens is 474 g/mol. The van der Waals surface area contributed by atoms with Crippen LogP contribution in [0.4, 0.5) is 17.6 Å². The molecule has 3 atom stereocenters. The lowest BCUT2D eigenvalue weighted by molar-refractivity contribution is -0.128. The zero-order valence-corrected chi connectivity index (χ0v) is 18.9. The molecule has 1 heterocycles. The lowest BCUT2D eigenvalue weighted by Crippen LogP contribution is -2.39. The third-order valence-electron chi connectivity index (χ3n) is 6.37. The van der Waals surface area contributed by atoms with Crippen molar-refractivity contribution in [3.8, 4) is 5.75 Å². The first-order chi connectivity index (χ1) is 16.4. The van der Waals surface area contributed by atoms with E-state index in [1.807, 2.05) is 6.92 Å². The van der Waals surface area contributed by atoms with Gasteiger partial charge in [-0.1, -0.05) is 19.9 Å². The molecule has 1 aromatic heterocycles. The predicted molar refractivity (Wildman–Crippen MR) is 113 cm³/mol. The Labute approximate surface area is 197 Å². The standard InChI is InChI=1S/C23H25F4N3O5/c1-10-7-12(8-10)11(2)17(14-3-4-15(24)18(25)20(14)35-23(26)27)19(31)22(33)29-13-5-6-30(34)16(9-13)21(28)32/h3-6,9-12,17,19,23,31,34H,7-8H2,1-2H3,(H2,28,32)/t10?,11-,12?,17+,19+/m0/s1. The Hall–Kier alpha value is -3.41. The summed E-state index contributed by atoms with van der Waals surface area (Å²) in [4.78, 5) is 28.1. The number of nitrogens with zero attached hydrogens (tertiary/aromatic N) is 2. The van der Waals surface area contributed by atoms with Crippen molar-refractivity contribution in [3.63, 3.8) is 0 Å². The van der Waals surface area contributed by atoms with Crippen LogP contribution in [0.2, 0.25) is 0 Å². The van der Waals surface area contributed by atoms with Crippen molar-refractivity contribution in [1.29, 1.82) is 0 Å². The number of rotatable bonds is 8. The summed E-state index contributed by atoms with van der Waals surface area (Å²) in [5.74, 6) is -7.80. The van der Waals surface area contributed by atoms with Crippen molar-refractivity contribution in [2.45, 2.75) is 45.3 Å². The maximum absolute atomic E-state index is 14.5. The number of benzene rings is 1. The summed E-state index contributed by atoms with van der Waals surface area (Å²) in [6.07, 6.45) is 0.492. The van der Waals surface area contributed by atoms with Crippen LogP contribution < -0.4 is 15.8 Å². The van der Waals surface area contributed by atoms with Gasteiger partial charge in [0.05, 0.1) is 5.36 Å². The van der Waals surface area contributed by atoms with Crippen LogP contribution in [0.5, 0.6) is 5.75 Å². The van der Waals surface area contributed by atoms with Gasteiger partial charge in [0.15, 0.2) is 11.6 Å². The molecule has 0 radical (unpaired) electrons. The van der Waals surface area contributed by atoms with E-state index in [-0.39, 0.29) is 16.8 Å². The van der Waals surface area contributed by atoms with E-state index >= 15 is 0 Å². The highest BCUT2D eigenvalue weighted by molar-refractivity contribution is 5.91. The van der Waals surface area contributed by atoms with Gasteiger partial charge < -0.3 is 20.8 Å². The zero-order valence-electron chi connectivity index (χ0n) is 18.9. The smallest absolute Gasteiger partial charge is 0.387 e. The van der Waals surface area contributed by atoms with Crippen LogP contribution in [-0.2, 0) is 4.79 Å². The number of nitrogens with two attached hydrogens (primary N) is 1. The number of hydrogen-bond donors (Lipinski definition) is 3. The number of aliphatic hydroxyl groups excluding tert-OH is 1. The molecule has 0 bridgehead atoms. The van der Waals surface area contributed by atoms with Crippen LogP contribution >= 0.6 is 0 Å². The molecule has 0 aliphatic heterocycles. The van der Waals surface area contributed by atoms with Crippen LogP contribution in [0.1, 0.15) is 48.7 Å². The minimum absolute atomic E-state index is 0.0310. The summed E-state index contributed by atoms with van der Waals surface area (Å²) in [7, 11) is 0. The summed E-state index contributed by atoms with van der Waals surface area (Å²) in [5.41, 5.74) is 4.46. The summed E-state index contributed by atoms with van der Waals surface area (Å²) in [5, 5.41) is 20.5. The highest BCUT2D eigenvalue weighted by Crippen LogP contribution is 2.47. The number of alkyl halides is 2. The fourth-order valence-electron chi connectivity index (χ4n) is 4.53. The van der Waals surface area contributed by atoms with Crippen LogP contribution in [0, 0.1) is 29.4 Å². The number of hydrogen-bond acceptors (Lipinski definition) is 5. The Morgan fingerprint density at radius 1 is 1.23 bits per heavy atom. The quantitative estimate of drug-likeness (QED) is 0.380. The van der Waals surface area contributed by atoms with Gasteiger partial charge in [-0.3, -0.25) is 9.59 Å². The molecule has 35 heavy (non-hydrogen) atoms. The van der Waals surface area contributed by atoms with E-state index in [1.54, 1.807) is 6.92 Å². The highest BCUT2D eigenvalue weighted by atomic mass is 19.3. The van der Waals surface area contributed by atoms with Crippen LogP contribution in [0.25, 0.3) is 0 Å². The third kappa shape index (κ3) is 5.64. The van der Waals surface area contributed by atoms with Crippen molar-refractivity contribution in [3.05, 3.63) is 58.7 Å². The Balaban J connectivity index is 2.07. The number of aliphatic hydroxyl groups is 1. The molecule has 0 saturated heterocycles. The molecule has 1 aliphatic carbocycles. The second-order valence-corrected chi connectivity index (χ2v) is 8.75. The van der Waals surface area contributed by atoms with Gasteiger partial charge >= 0.3 is 6.61 Å². The van der Waals surface area contributed by atoms with E-state index < -0.39 is 59.4 Å². The van der Waals surface area contributed by atoms with E-state index in [9.17, 15) is 37.5 Å². The number of carbonyl (C=O) groups excluding carboxylic acids is 2. The number of amides is 2. The van der Waals surface area contributed by atoms with Crippen molar-refractivity contribution in [1.82, 2.24) is 4.73 Å². The van der Waals surface area contributed by atoms with Gasteiger partial charge in [-0.25, -0.2) is 9.38 Å². The maximum atomic E-state index is 14.5. The highest BCUT2D eigenvalue weighted by Gasteiger charge is 2.42. The lowest BCUT2D eigenvalue weighted by atomic mass is 9.64. The van der Waals surface area contributed by atoms with Gasteiger partial charge in [-0.05, 0) is 48.8 Å². The number of ether oxygens (including phenoxy) is 1. The molecule has 2 aromatic rings. The summed E-state index contributed by atoms with van der Waals surface area (Å²) >= 11 is 0. The Morgan fingerprint density at radius 3 is 2.46 bits per heavy atom. The maximum Gasteiger partial charge on any atom is 0.387 e. The summed E-state index contributed by atoms with van der Waals surface area (Å²) in [6.45, 7) is 0.189. The Morgan fingerprint density at radius 2 is 1.89 bits per heavy atom.